The minimum absolute atomic E-state index is 0.0487. The van der Waals surface area contributed by atoms with Crippen molar-refractivity contribution in [2.24, 2.45) is 5.73 Å². The molecule has 27 heavy (non-hydrogen) atoms. The number of carbonyl (C=O) groups excluding carboxylic acids is 2. The van der Waals surface area contributed by atoms with Gasteiger partial charge >= 0.3 is 0 Å². The normalized spacial score (nSPS) is 10.3. The molecule has 4 N–H and O–H groups in total. The zero-order valence-electron chi connectivity index (χ0n) is 15.7. The van der Waals surface area contributed by atoms with E-state index >= 15 is 0 Å². The van der Waals surface area contributed by atoms with Crippen LogP contribution < -0.4 is 21.1 Å². The van der Waals surface area contributed by atoms with Crippen molar-refractivity contribution in [2.75, 3.05) is 18.5 Å². The van der Waals surface area contributed by atoms with Gasteiger partial charge in [0, 0.05) is 31.6 Å². The van der Waals surface area contributed by atoms with Gasteiger partial charge in [-0.3, -0.25) is 9.59 Å². The summed E-state index contributed by atoms with van der Waals surface area (Å²) in [6.07, 6.45) is 1.36. The Morgan fingerprint density at radius 1 is 1.00 bits per heavy atom. The van der Waals surface area contributed by atoms with Gasteiger partial charge < -0.3 is 21.1 Å². The largest absolute Gasteiger partial charge is 0.493 e. The number of amides is 2. The Morgan fingerprint density at radius 3 is 2.44 bits per heavy atom. The topological polar surface area (TPSA) is 93.5 Å². The van der Waals surface area contributed by atoms with Crippen LogP contribution in [0.3, 0.4) is 0 Å². The molecule has 6 nitrogen and oxygen atoms in total. The third kappa shape index (κ3) is 7.50. The fourth-order valence-corrected chi connectivity index (χ4v) is 2.48. The third-order valence-corrected chi connectivity index (χ3v) is 4.00. The predicted octanol–water partition coefficient (Wildman–Crippen LogP) is 2.76. The Labute approximate surface area is 160 Å². The lowest BCUT2D eigenvalue weighted by Gasteiger charge is -2.09. The van der Waals surface area contributed by atoms with Crippen LogP contribution in [-0.4, -0.2) is 25.0 Å². The highest BCUT2D eigenvalue weighted by molar-refractivity contribution is 5.90. The smallest absolute Gasteiger partial charge is 0.224 e. The van der Waals surface area contributed by atoms with Gasteiger partial charge in [-0.1, -0.05) is 30.3 Å². The van der Waals surface area contributed by atoms with E-state index in [1.807, 2.05) is 55.5 Å². The van der Waals surface area contributed by atoms with E-state index in [9.17, 15) is 9.59 Å². The summed E-state index contributed by atoms with van der Waals surface area (Å²) in [5.74, 6) is 0.738. The lowest BCUT2D eigenvalue weighted by molar-refractivity contribution is -0.121. The number of rotatable bonds is 10. The molecule has 0 aliphatic heterocycles. The Bertz CT molecular complexity index is 745. The molecule has 0 saturated heterocycles. The van der Waals surface area contributed by atoms with E-state index in [-0.39, 0.29) is 11.8 Å². The number of para-hydroxylation sites is 1. The van der Waals surface area contributed by atoms with E-state index in [1.165, 1.54) is 0 Å². The van der Waals surface area contributed by atoms with Crippen LogP contribution in [0.1, 0.15) is 30.4 Å². The molecule has 2 rings (SSSR count). The van der Waals surface area contributed by atoms with Gasteiger partial charge in [-0.25, -0.2) is 0 Å². The molecule has 0 radical (unpaired) electrons. The number of anilines is 1. The van der Waals surface area contributed by atoms with Crippen LogP contribution in [0.2, 0.25) is 0 Å². The lowest BCUT2D eigenvalue weighted by atomic mass is 10.2. The van der Waals surface area contributed by atoms with Crippen LogP contribution in [0.5, 0.6) is 5.75 Å². The van der Waals surface area contributed by atoms with E-state index in [0.29, 0.717) is 39.0 Å². The van der Waals surface area contributed by atoms with Crippen molar-refractivity contribution in [3.8, 4) is 5.75 Å². The molecule has 0 aromatic heterocycles. The number of carbonyl (C=O) groups is 2. The van der Waals surface area contributed by atoms with E-state index in [2.05, 4.69) is 10.6 Å². The van der Waals surface area contributed by atoms with Crippen molar-refractivity contribution in [3.63, 3.8) is 0 Å². The van der Waals surface area contributed by atoms with Gasteiger partial charge in [0.1, 0.15) is 5.75 Å². The SMILES string of the molecule is Cc1ccccc1OCCCC(=O)Nc1ccc(CNC(=O)CCN)cc1. The van der Waals surface area contributed by atoms with E-state index in [0.717, 1.165) is 22.6 Å². The Hall–Kier alpha value is -2.86. The first-order valence-corrected chi connectivity index (χ1v) is 9.12. The number of benzene rings is 2. The van der Waals surface area contributed by atoms with Crippen molar-refractivity contribution < 1.29 is 14.3 Å². The predicted molar refractivity (Wildman–Crippen MR) is 106 cm³/mol. The van der Waals surface area contributed by atoms with Gasteiger partial charge in [-0.15, -0.1) is 0 Å². The molecule has 2 aromatic carbocycles. The first kappa shape index (κ1) is 20.5. The molecular formula is C21H27N3O3. The summed E-state index contributed by atoms with van der Waals surface area (Å²) in [5.41, 5.74) is 8.12. The Balaban J connectivity index is 1.68. The average molecular weight is 369 g/mol. The van der Waals surface area contributed by atoms with Gasteiger partial charge in [-0.2, -0.15) is 0 Å². The molecule has 0 bridgehead atoms. The molecule has 2 aromatic rings. The van der Waals surface area contributed by atoms with E-state index in [1.54, 1.807) is 0 Å². The molecule has 0 aliphatic carbocycles. The highest BCUT2D eigenvalue weighted by atomic mass is 16.5. The minimum atomic E-state index is -0.0669. The number of nitrogens with two attached hydrogens (primary N) is 1. The molecule has 0 saturated carbocycles. The maximum Gasteiger partial charge on any atom is 0.224 e. The van der Waals surface area contributed by atoms with Gasteiger partial charge in [0.15, 0.2) is 0 Å². The number of aryl methyl sites for hydroxylation is 1. The van der Waals surface area contributed by atoms with Gasteiger partial charge in [0.2, 0.25) is 11.8 Å². The average Bonchev–Trinajstić information content (AvgIpc) is 2.66. The molecule has 0 unspecified atom stereocenters. The second kappa shape index (κ2) is 11.0. The highest BCUT2D eigenvalue weighted by Gasteiger charge is 2.04. The number of hydrogen-bond acceptors (Lipinski definition) is 4. The van der Waals surface area contributed by atoms with Crippen LogP contribution in [0.25, 0.3) is 0 Å². The molecule has 0 aliphatic rings. The van der Waals surface area contributed by atoms with Crippen molar-refractivity contribution in [1.29, 1.82) is 0 Å². The van der Waals surface area contributed by atoms with Crippen molar-refractivity contribution in [2.45, 2.75) is 32.7 Å². The van der Waals surface area contributed by atoms with Crippen molar-refractivity contribution in [1.82, 2.24) is 5.32 Å². The molecule has 144 valence electrons. The van der Waals surface area contributed by atoms with Crippen LogP contribution in [0.4, 0.5) is 5.69 Å². The van der Waals surface area contributed by atoms with Gasteiger partial charge in [0.05, 0.1) is 6.61 Å². The summed E-state index contributed by atoms with van der Waals surface area (Å²) < 4.78 is 5.69. The standard InChI is InChI=1S/C21H27N3O3/c1-16-5-2-3-6-19(16)27-14-4-7-21(26)24-18-10-8-17(9-11-18)15-23-20(25)12-13-22/h2-3,5-6,8-11H,4,7,12-15,22H2,1H3,(H,23,25)(H,24,26). The minimum Gasteiger partial charge on any atom is -0.493 e. The lowest BCUT2D eigenvalue weighted by Crippen LogP contribution is -2.24. The second-order valence-electron chi connectivity index (χ2n) is 6.28. The quantitative estimate of drug-likeness (QED) is 0.561. The zero-order chi connectivity index (χ0) is 19.5. The summed E-state index contributed by atoms with van der Waals surface area (Å²) in [6.45, 7) is 3.28. The van der Waals surface area contributed by atoms with Crippen molar-refractivity contribution >= 4 is 17.5 Å². The molecular weight excluding hydrogens is 342 g/mol. The van der Waals surface area contributed by atoms with Crippen LogP contribution in [0, 0.1) is 6.92 Å². The maximum atomic E-state index is 12.0. The Morgan fingerprint density at radius 2 is 1.74 bits per heavy atom. The molecule has 0 heterocycles. The maximum absolute atomic E-state index is 12.0. The third-order valence-electron chi connectivity index (χ3n) is 4.00. The first-order chi connectivity index (χ1) is 13.1. The van der Waals surface area contributed by atoms with Gasteiger partial charge in [0.25, 0.3) is 0 Å². The first-order valence-electron chi connectivity index (χ1n) is 9.12. The Kier molecular flexibility index (Phi) is 8.32. The summed E-state index contributed by atoms with van der Waals surface area (Å²) in [6, 6.07) is 15.2. The molecule has 0 fully saturated rings. The second-order valence-corrected chi connectivity index (χ2v) is 6.28. The van der Waals surface area contributed by atoms with Crippen molar-refractivity contribution in [3.05, 3.63) is 59.7 Å². The summed E-state index contributed by atoms with van der Waals surface area (Å²) >= 11 is 0. The number of hydrogen-bond donors (Lipinski definition) is 3. The molecule has 2 amide bonds. The summed E-state index contributed by atoms with van der Waals surface area (Å²) in [4.78, 5) is 23.4. The summed E-state index contributed by atoms with van der Waals surface area (Å²) in [5, 5.41) is 5.66. The molecule has 0 spiro atoms. The molecule has 6 heteroatoms. The van der Waals surface area contributed by atoms with Crippen LogP contribution in [-0.2, 0) is 16.1 Å². The molecule has 0 atom stereocenters. The number of nitrogens with one attached hydrogen (secondary N) is 2. The van der Waals surface area contributed by atoms with E-state index < -0.39 is 0 Å². The monoisotopic (exact) mass is 369 g/mol. The van der Waals surface area contributed by atoms with Crippen LogP contribution >= 0.6 is 0 Å². The van der Waals surface area contributed by atoms with E-state index in [4.69, 9.17) is 10.5 Å². The fourth-order valence-electron chi connectivity index (χ4n) is 2.48. The van der Waals surface area contributed by atoms with Gasteiger partial charge in [-0.05, 0) is 42.7 Å². The zero-order valence-corrected chi connectivity index (χ0v) is 15.7. The summed E-state index contributed by atoms with van der Waals surface area (Å²) in [7, 11) is 0. The fraction of sp³-hybridized carbons (Fsp3) is 0.333. The highest BCUT2D eigenvalue weighted by Crippen LogP contribution is 2.16. The number of ether oxygens (including phenoxy) is 1. The van der Waals surface area contributed by atoms with Crippen LogP contribution in [0.15, 0.2) is 48.5 Å².